The van der Waals surface area contributed by atoms with Gasteiger partial charge in [-0.05, 0) is 42.1 Å². The SMILES string of the molecule is COC(=O)c1cc(C(C)(C)O[Si]C(C)(C)C)cc(C(=O)OCc2ccccc2)c1N. The number of anilines is 1. The Morgan fingerprint density at radius 1 is 0.967 bits per heavy atom. The third-order valence-electron chi connectivity index (χ3n) is 4.33. The van der Waals surface area contributed by atoms with Crippen LogP contribution in [-0.2, 0) is 26.1 Å². The lowest BCUT2D eigenvalue weighted by atomic mass is 9.92. The van der Waals surface area contributed by atoms with Crippen LogP contribution < -0.4 is 5.73 Å². The number of benzene rings is 2. The molecule has 160 valence electrons. The van der Waals surface area contributed by atoms with Gasteiger partial charge in [-0.25, -0.2) is 9.59 Å². The molecule has 2 aromatic carbocycles. The number of carbonyl (C=O) groups is 2. The highest BCUT2D eigenvalue weighted by Crippen LogP contribution is 2.33. The molecule has 6 nitrogen and oxygen atoms in total. The predicted molar refractivity (Wildman–Crippen MR) is 117 cm³/mol. The van der Waals surface area contributed by atoms with Gasteiger partial charge in [0.2, 0.25) is 9.76 Å². The van der Waals surface area contributed by atoms with Crippen molar-refractivity contribution in [3.05, 3.63) is 64.7 Å². The Bertz CT molecular complexity index is 904. The molecule has 0 heterocycles. The van der Waals surface area contributed by atoms with Crippen LogP contribution in [0.4, 0.5) is 5.69 Å². The van der Waals surface area contributed by atoms with Crippen molar-refractivity contribution in [1.82, 2.24) is 0 Å². The maximum atomic E-state index is 12.8. The quantitative estimate of drug-likeness (QED) is 0.398. The lowest BCUT2D eigenvalue weighted by Crippen LogP contribution is -2.28. The van der Waals surface area contributed by atoms with Crippen molar-refractivity contribution >= 4 is 27.4 Å². The van der Waals surface area contributed by atoms with Crippen LogP contribution in [-0.4, -0.2) is 28.8 Å². The van der Waals surface area contributed by atoms with Crippen LogP contribution in [0.5, 0.6) is 0 Å². The zero-order valence-electron chi connectivity index (χ0n) is 18.4. The van der Waals surface area contributed by atoms with E-state index in [1.807, 2.05) is 44.2 Å². The summed E-state index contributed by atoms with van der Waals surface area (Å²) in [6, 6.07) is 12.6. The molecule has 2 aromatic rings. The fourth-order valence-electron chi connectivity index (χ4n) is 2.59. The second-order valence-corrected chi connectivity index (χ2v) is 10.4. The fourth-order valence-corrected chi connectivity index (χ4v) is 3.27. The molecule has 2 N–H and O–H groups in total. The highest BCUT2D eigenvalue weighted by molar-refractivity contribution is 6.31. The van der Waals surface area contributed by atoms with Gasteiger partial charge in [-0.2, -0.15) is 0 Å². The van der Waals surface area contributed by atoms with Crippen molar-refractivity contribution in [2.24, 2.45) is 0 Å². The minimum atomic E-state index is -0.753. The lowest BCUT2D eigenvalue weighted by Gasteiger charge is -2.30. The van der Waals surface area contributed by atoms with Gasteiger partial charge in [-0.15, -0.1) is 0 Å². The summed E-state index contributed by atoms with van der Waals surface area (Å²) >= 11 is 0. The predicted octanol–water partition coefficient (Wildman–Crippen LogP) is 4.50. The smallest absolute Gasteiger partial charge is 0.340 e. The van der Waals surface area contributed by atoms with Crippen LogP contribution in [0, 0.1) is 0 Å². The molecule has 0 amide bonds. The molecule has 0 unspecified atom stereocenters. The van der Waals surface area contributed by atoms with Crippen molar-refractivity contribution in [1.29, 1.82) is 0 Å². The Labute approximate surface area is 180 Å². The van der Waals surface area contributed by atoms with E-state index in [-0.39, 0.29) is 38.2 Å². The highest BCUT2D eigenvalue weighted by atomic mass is 28.2. The molecule has 0 aliphatic carbocycles. The van der Waals surface area contributed by atoms with Crippen molar-refractivity contribution in [2.45, 2.75) is 51.9 Å². The summed E-state index contributed by atoms with van der Waals surface area (Å²) in [6.45, 7) is 10.1. The minimum Gasteiger partial charge on any atom is -0.465 e. The molecule has 0 fully saturated rings. The number of methoxy groups -OCH3 is 1. The molecule has 2 radical (unpaired) electrons. The molecular weight excluding hydrogens is 398 g/mol. The van der Waals surface area contributed by atoms with Gasteiger partial charge in [-0.3, -0.25) is 0 Å². The maximum Gasteiger partial charge on any atom is 0.340 e. The largest absolute Gasteiger partial charge is 0.465 e. The number of hydrogen-bond donors (Lipinski definition) is 1. The number of carbonyl (C=O) groups excluding carboxylic acids is 2. The molecule has 0 spiro atoms. The summed E-state index contributed by atoms with van der Waals surface area (Å²) in [6.07, 6.45) is 0. The summed E-state index contributed by atoms with van der Waals surface area (Å²) < 4.78 is 16.4. The normalized spacial score (nSPS) is 11.8. The number of nitrogens with two attached hydrogens (primary N) is 1. The molecular formula is C23H29NO5Si. The van der Waals surface area contributed by atoms with Crippen molar-refractivity contribution in [2.75, 3.05) is 12.8 Å². The first kappa shape index (κ1) is 23.6. The Balaban J connectivity index is 2.39. The Morgan fingerprint density at radius 2 is 1.53 bits per heavy atom. The molecule has 7 heteroatoms. The van der Waals surface area contributed by atoms with E-state index in [4.69, 9.17) is 19.6 Å². The van der Waals surface area contributed by atoms with E-state index in [1.165, 1.54) is 7.11 Å². The lowest BCUT2D eigenvalue weighted by molar-refractivity contribution is 0.0473. The van der Waals surface area contributed by atoms with E-state index >= 15 is 0 Å². The van der Waals surface area contributed by atoms with E-state index in [2.05, 4.69) is 20.8 Å². The topological polar surface area (TPSA) is 87.8 Å². The molecule has 0 bridgehead atoms. The molecule has 0 saturated carbocycles. The molecule has 0 aliphatic heterocycles. The third-order valence-corrected chi connectivity index (χ3v) is 5.55. The van der Waals surface area contributed by atoms with E-state index in [9.17, 15) is 9.59 Å². The van der Waals surface area contributed by atoms with Gasteiger partial charge in [0.05, 0.1) is 29.5 Å². The van der Waals surface area contributed by atoms with Crippen LogP contribution in [0.3, 0.4) is 0 Å². The Morgan fingerprint density at radius 3 is 2.07 bits per heavy atom. The van der Waals surface area contributed by atoms with Gasteiger partial charge in [0.25, 0.3) is 0 Å². The summed E-state index contributed by atoms with van der Waals surface area (Å²) in [4.78, 5) is 25.1. The molecule has 0 aliphatic rings. The summed E-state index contributed by atoms with van der Waals surface area (Å²) in [7, 11) is 1.48. The van der Waals surface area contributed by atoms with Gasteiger partial charge >= 0.3 is 11.9 Å². The number of rotatable bonds is 7. The summed E-state index contributed by atoms with van der Waals surface area (Å²) in [5.41, 5.74) is 7.13. The Kier molecular flexibility index (Phi) is 7.44. The number of esters is 2. The Hall–Kier alpha value is -2.64. The van der Waals surface area contributed by atoms with Crippen molar-refractivity contribution in [3.63, 3.8) is 0 Å². The van der Waals surface area contributed by atoms with Crippen LogP contribution in [0.15, 0.2) is 42.5 Å². The molecule has 30 heavy (non-hydrogen) atoms. The second kappa shape index (κ2) is 9.45. The van der Waals surface area contributed by atoms with Gasteiger partial charge in [0.1, 0.15) is 6.61 Å². The first-order chi connectivity index (χ1) is 13.9. The van der Waals surface area contributed by atoms with Crippen LogP contribution in [0.25, 0.3) is 0 Å². The van der Waals surface area contributed by atoms with Crippen LogP contribution in [0.1, 0.15) is 66.5 Å². The molecule has 2 rings (SSSR count). The standard InChI is InChI=1S/C23H29NO5Si/c1-22(2,3)30-29-23(4,5)16-12-17(20(25)27-6)19(24)18(13-16)21(26)28-14-15-10-8-7-9-11-15/h7-13H,14,24H2,1-6H3. The first-order valence-electron chi connectivity index (χ1n) is 9.63. The van der Waals surface area contributed by atoms with Gasteiger partial charge < -0.3 is 19.6 Å². The number of nitrogen functional groups attached to an aromatic ring is 1. The third kappa shape index (κ3) is 6.18. The van der Waals surface area contributed by atoms with E-state index < -0.39 is 17.5 Å². The summed E-state index contributed by atoms with van der Waals surface area (Å²) in [5.74, 6) is -1.24. The van der Waals surface area contributed by atoms with Crippen molar-refractivity contribution in [3.8, 4) is 0 Å². The van der Waals surface area contributed by atoms with Crippen LogP contribution in [0.2, 0.25) is 5.04 Å². The minimum absolute atomic E-state index is 0.0201. The fraction of sp³-hybridized carbons (Fsp3) is 0.391. The average Bonchev–Trinajstić information content (AvgIpc) is 2.70. The molecule has 0 aromatic heterocycles. The van der Waals surface area contributed by atoms with E-state index in [1.54, 1.807) is 12.1 Å². The summed E-state index contributed by atoms with van der Waals surface area (Å²) in [5, 5.41) is -0.0201. The van der Waals surface area contributed by atoms with Gasteiger partial charge in [-0.1, -0.05) is 51.1 Å². The maximum absolute atomic E-state index is 12.8. The van der Waals surface area contributed by atoms with Crippen molar-refractivity contribution < 1.29 is 23.5 Å². The zero-order valence-corrected chi connectivity index (χ0v) is 19.4. The monoisotopic (exact) mass is 427 g/mol. The van der Waals surface area contributed by atoms with E-state index in [0.29, 0.717) is 5.56 Å². The molecule has 0 atom stereocenters. The average molecular weight is 428 g/mol. The van der Waals surface area contributed by atoms with E-state index in [0.717, 1.165) is 5.56 Å². The highest BCUT2D eigenvalue weighted by Gasteiger charge is 2.29. The van der Waals surface area contributed by atoms with Crippen LogP contribution >= 0.6 is 0 Å². The first-order valence-corrected chi connectivity index (χ1v) is 10.5. The van der Waals surface area contributed by atoms with Gasteiger partial charge in [0.15, 0.2) is 0 Å². The number of hydrogen-bond acceptors (Lipinski definition) is 6. The number of ether oxygens (including phenoxy) is 2. The van der Waals surface area contributed by atoms with Gasteiger partial charge in [0, 0.05) is 0 Å². The molecule has 0 saturated heterocycles. The zero-order chi connectivity index (χ0) is 22.5. The second-order valence-electron chi connectivity index (χ2n) is 8.50.